The first-order valence-corrected chi connectivity index (χ1v) is 8.36. The number of benzene rings is 1. The molecular formula is C17H20ClN5O. The van der Waals surface area contributed by atoms with E-state index in [1.165, 1.54) is 0 Å². The fraction of sp³-hybridized carbons (Fsp3) is 0.353. The van der Waals surface area contributed by atoms with Gasteiger partial charge in [-0.25, -0.2) is 4.98 Å². The van der Waals surface area contributed by atoms with E-state index < -0.39 is 0 Å². The van der Waals surface area contributed by atoms with E-state index in [4.69, 9.17) is 11.6 Å². The molecular weight excluding hydrogens is 326 g/mol. The van der Waals surface area contributed by atoms with Gasteiger partial charge in [-0.05, 0) is 44.0 Å². The first-order chi connectivity index (χ1) is 11.5. The van der Waals surface area contributed by atoms with Gasteiger partial charge in [0.2, 0.25) is 11.9 Å². The number of anilines is 4. The topological polar surface area (TPSA) is 78.9 Å². The van der Waals surface area contributed by atoms with Crippen LogP contribution in [0, 0.1) is 6.92 Å². The van der Waals surface area contributed by atoms with Crippen molar-refractivity contribution in [3.63, 3.8) is 0 Å². The molecule has 2 aromatic rings. The Morgan fingerprint density at radius 1 is 1.38 bits per heavy atom. The molecule has 0 bridgehead atoms. The van der Waals surface area contributed by atoms with Crippen LogP contribution in [0.5, 0.6) is 0 Å². The van der Waals surface area contributed by atoms with Crippen molar-refractivity contribution in [3.8, 4) is 0 Å². The van der Waals surface area contributed by atoms with Crippen LogP contribution in [0.2, 0.25) is 0 Å². The molecule has 0 aliphatic carbocycles. The van der Waals surface area contributed by atoms with Gasteiger partial charge >= 0.3 is 0 Å². The normalized spacial score (nSPS) is 14.5. The van der Waals surface area contributed by atoms with Gasteiger partial charge in [0.15, 0.2) is 0 Å². The van der Waals surface area contributed by atoms with Gasteiger partial charge in [-0.3, -0.25) is 4.79 Å². The molecule has 1 unspecified atom stereocenters. The van der Waals surface area contributed by atoms with Gasteiger partial charge in [0, 0.05) is 41.5 Å². The zero-order valence-electron chi connectivity index (χ0n) is 13.7. The summed E-state index contributed by atoms with van der Waals surface area (Å²) in [6.07, 6.45) is 3.03. The van der Waals surface area contributed by atoms with Crippen molar-refractivity contribution < 1.29 is 4.79 Å². The number of halogens is 1. The Bertz CT molecular complexity index is 763. The van der Waals surface area contributed by atoms with Crippen LogP contribution in [0.4, 0.5) is 23.1 Å². The summed E-state index contributed by atoms with van der Waals surface area (Å²) in [5.41, 5.74) is 3.84. The molecule has 0 radical (unpaired) electrons. The van der Waals surface area contributed by atoms with Crippen molar-refractivity contribution in [3.05, 3.63) is 35.5 Å². The van der Waals surface area contributed by atoms with Crippen molar-refractivity contribution in [2.45, 2.75) is 32.1 Å². The maximum atomic E-state index is 11.4. The molecule has 24 heavy (non-hydrogen) atoms. The second-order valence-electron chi connectivity index (χ2n) is 5.93. The monoisotopic (exact) mass is 345 g/mol. The summed E-state index contributed by atoms with van der Waals surface area (Å²) in [4.78, 5) is 20.2. The minimum Gasteiger partial charge on any atom is -0.368 e. The lowest BCUT2D eigenvalue weighted by Crippen LogP contribution is -2.18. The predicted octanol–water partition coefficient (Wildman–Crippen LogP) is 3.45. The first-order valence-electron chi connectivity index (χ1n) is 7.92. The van der Waals surface area contributed by atoms with E-state index in [9.17, 15) is 4.79 Å². The van der Waals surface area contributed by atoms with E-state index in [2.05, 4.69) is 25.9 Å². The van der Waals surface area contributed by atoms with E-state index in [0.29, 0.717) is 18.9 Å². The summed E-state index contributed by atoms with van der Waals surface area (Å²) in [7, 11) is 0. The van der Waals surface area contributed by atoms with Gasteiger partial charge in [-0.15, -0.1) is 11.6 Å². The van der Waals surface area contributed by atoms with Gasteiger partial charge in [0.05, 0.1) is 0 Å². The SMILES string of the molecule is Cc1cnc(Nc2ccc3c(c2)CCC(=O)N3)nc1NCC(C)Cl. The van der Waals surface area contributed by atoms with Gasteiger partial charge in [-0.1, -0.05) is 0 Å². The standard InChI is InChI=1S/C17H20ClN5O/c1-10-8-20-17(23-16(10)19-9-11(2)18)21-13-4-5-14-12(7-13)3-6-15(24)22-14/h4-5,7-8,11H,3,6,9H2,1-2H3,(H,22,24)(H2,19,20,21,23). The molecule has 0 saturated heterocycles. The van der Waals surface area contributed by atoms with E-state index >= 15 is 0 Å². The Kier molecular flexibility index (Phi) is 4.85. The summed E-state index contributed by atoms with van der Waals surface area (Å²) in [5.74, 6) is 1.35. The Morgan fingerprint density at radius 2 is 2.21 bits per heavy atom. The third kappa shape index (κ3) is 3.94. The van der Waals surface area contributed by atoms with Crippen LogP contribution in [0.3, 0.4) is 0 Å². The number of nitrogens with one attached hydrogen (secondary N) is 3. The largest absolute Gasteiger partial charge is 0.368 e. The number of fused-ring (bicyclic) bond motifs is 1. The smallest absolute Gasteiger partial charge is 0.229 e. The fourth-order valence-corrected chi connectivity index (χ4v) is 2.59. The maximum absolute atomic E-state index is 11.4. The van der Waals surface area contributed by atoms with E-state index in [0.717, 1.165) is 34.7 Å². The minimum absolute atomic E-state index is 0.0200. The highest BCUT2D eigenvalue weighted by Gasteiger charge is 2.15. The van der Waals surface area contributed by atoms with Crippen LogP contribution in [0.1, 0.15) is 24.5 Å². The van der Waals surface area contributed by atoms with Crippen molar-refractivity contribution in [2.24, 2.45) is 0 Å². The zero-order chi connectivity index (χ0) is 17.1. The van der Waals surface area contributed by atoms with Crippen LogP contribution < -0.4 is 16.0 Å². The molecule has 3 N–H and O–H groups in total. The second-order valence-corrected chi connectivity index (χ2v) is 6.68. The third-order valence-electron chi connectivity index (χ3n) is 3.78. The predicted molar refractivity (Wildman–Crippen MR) is 97.2 cm³/mol. The minimum atomic E-state index is 0.0200. The van der Waals surface area contributed by atoms with Crippen LogP contribution in [-0.2, 0) is 11.2 Å². The first kappa shape index (κ1) is 16.5. The zero-order valence-corrected chi connectivity index (χ0v) is 14.4. The molecule has 0 spiro atoms. The average molecular weight is 346 g/mol. The number of rotatable bonds is 5. The Labute approximate surface area is 146 Å². The molecule has 1 aliphatic heterocycles. The molecule has 1 amide bonds. The van der Waals surface area contributed by atoms with E-state index in [1.807, 2.05) is 32.0 Å². The molecule has 1 atom stereocenters. The molecule has 1 aromatic heterocycles. The highest BCUT2D eigenvalue weighted by atomic mass is 35.5. The fourth-order valence-electron chi connectivity index (χ4n) is 2.51. The van der Waals surface area contributed by atoms with Gasteiger partial charge < -0.3 is 16.0 Å². The number of hydrogen-bond donors (Lipinski definition) is 3. The van der Waals surface area contributed by atoms with Crippen LogP contribution >= 0.6 is 11.6 Å². The molecule has 1 aliphatic rings. The highest BCUT2D eigenvalue weighted by Crippen LogP contribution is 2.27. The molecule has 3 rings (SSSR count). The van der Waals surface area contributed by atoms with E-state index in [1.54, 1.807) is 6.20 Å². The highest BCUT2D eigenvalue weighted by molar-refractivity contribution is 6.20. The number of alkyl halides is 1. The third-order valence-corrected chi connectivity index (χ3v) is 3.93. The molecule has 0 saturated carbocycles. The van der Waals surface area contributed by atoms with Crippen LogP contribution in [-0.4, -0.2) is 27.8 Å². The second kappa shape index (κ2) is 7.05. The molecule has 6 nitrogen and oxygen atoms in total. The summed E-state index contributed by atoms with van der Waals surface area (Å²) < 4.78 is 0. The summed E-state index contributed by atoms with van der Waals surface area (Å²) in [6, 6.07) is 5.82. The molecule has 7 heteroatoms. The maximum Gasteiger partial charge on any atom is 0.229 e. The number of carbonyl (C=O) groups is 1. The molecule has 0 fully saturated rings. The lowest BCUT2D eigenvalue weighted by Gasteiger charge is -2.18. The molecule has 126 valence electrons. The van der Waals surface area contributed by atoms with Crippen LogP contribution in [0.25, 0.3) is 0 Å². The number of nitrogens with zero attached hydrogens (tertiary/aromatic N) is 2. The number of aryl methyl sites for hydroxylation is 2. The molecule has 1 aromatic carbocycles. The molecule has 2 heterocycles. The summed E-state index contributed by atoms with van der Waals surface area (Å²) in [6.45, 7) is 4.51. The number of hydrogen-bond acceptors (Lipinski definition) is 5. The Balaban J connectivity index is 1.76. The van der Waals surface area contributed by atoms with E-state index in [-0.39, 0.29) is 11.3 Å². The number of amides is 1. The van der Waals surface area contributed by atoms with Crippen molar-refractivity contribution in [1.29, 1.82) is 0 Å². The van der Waals surface area contributed by atoms with Crippen molar-refractivity contribution in [2.75, 3.05) is 22.5 Å². The lowest BCUT2D eigenvalue weighted by atomic mass is 10.0. The Hall–Kier alpha value is -2.34. The summed E-state index contributed by atoms with van der Waals surface area (Å²) >= 11 is 5.98. The van der Waals surface area contributed by atoms with Gasteiger partial charge in [0.25, 0.3) is 0 Å². The summed E-state index contributed by atoms with van der Waals surface area (Å²) in [5, 5.41) is 9.33. The Morgan fingerprint density at radius 3 is 3.00 bits per heavy atom. The van der Waals surface area contributed by atoms with Gasteiger partial charge in [0.1, 0.15) is 5.82 Å². The van der Waals surface area contributed by atoms with Crippen molar-refractivity contribution in [1.82, 2.24) is 9.97 Å². The number of carbonyl (C=O) groups excluding carboxylic acids is 1. The average Bonchev–Trinajstić information content (AvgIpc) is 2.55. The van der Waals surface area contributed by atoms with Crippen molar-refractivity contribution >= 4 is 40.6 Å². The quantitative estimate of drug-likeness (QED) is 0.723. The van der Waals surface area contributed by atoms with Gasteiger partial charge in [-0.2, -0.15) is 4.98 Å². The number of aromatic nitrogens is 2. The van der Waals surface area contributed by atoms with Crippen LogP contribution in [0.15, 0.2) is 24.4 Å². The lowest BCUT2D eigenvalue weighted by molar-refractivity contribution is -0.116.